The zero-order chi connectivity index (χ0) is 13.0. The fraction of sp³-hybridized carbons (Fsp3) is 0.500. The Labute approximate surface area is 113 Å². The molecule has 0 aliphatic carbocycles. The second kappa shape index (κ2) is 6.25. The molecule has 0 spiro atoms. The lowest BCUT2D eigenvalue weighted by atomic mass is 10.2. The summed E-state index contributed by atoms with van der Waals surface area (Å²) in [4.78, 5) is 4.69. The van der Waals surface area contributed by atoms with Gasteiger partial charge in [-0.05, 0) is 30.3 Å². The largest absolute Gasteiger partial charge is 0.311 e. The quantitative estimate of drug-likeness (QED) is 0.812. The Bertz CT molecular complexity index is 505. The molecule has 0 radical (unpaired) electrons. The Kier molecular flexibility index (Phi) is 4.66. The van der Waals surface area contributed by atoms with E-state index in [0.29, 0.717) is 5.92 Å². The van der Waals surface area contributed by atoms with Crippen LogP contribution >= 0.6 is 11.8 Å². The van der Waals surface area contributed by atoms with Crippen molar-refractivity contribution in [3.8, 4) is 0 Å². The Morgan fingerprint density at radius 1 is 1.39 bits per heavy atom. The third kappa shape index (κ3) is 3.06. The maximum atomic E-state index is 4.69. The van der Waals surface area contributed by atoms with E-state index < -0.39 is 0 Å². The molecule has 1 N–H and O–H groups in total. The minimum Gasteiger partial charge on any atom is -0.311 e. The number of pyridine rings is 1. The topological polar surface area (TPSA) is 29.3 Å². The normalized spacial score (nSPS) is 11.6. The summed E-state index contributed by atoms with van der Waals surface area (Å²) >= 11 is 1.81. The number of hydrogen-bond acceptors (Lipinski definition) is 3. The van der Waals surface area contributed by atoms with Gasteiger partial charge in [-0.2, -0.15) is 0 Å². The van der Waals surface area contributed by atoms with E-state index in [1.807, 2.05) is 17.8 Å². The van der Waals surface area contributed by atoms with E-state index in [9.17, 15) is 0 Å². The zero-order valence-electron chi connectivity index (χ0n) is 11.3. The SMILES string of the molecule is CCSc1nc2ccccn2c1CNCC(C)C. The number of hydrogen-bond donors (Lipinski definition) is 1. The lowest BCUT2D eigenvalue weighted by molar-refractivity contribution is 0.544. The van der Waals surface area contributed by atoms with Crippen LogP contribution in [0.2, 0.25) is 0 Å². The van der Waals surface area contributed by atoms with Crippen molar-refractivity contribution < 1.29 is 0 Å². The second-order valence-corrected chi connectivity index (χ2v) is 6.00. The molecule has 2 aromatic heterocycles. The van der Waals surface area contributed by atoms with Gasteiger partial charge < -0.3 is 9.72 Å². The molecule has 18 heavy (non-hydrogen) atoms. The first-order valence-electron chi connectivity index (χ1n) is 6.51. The van der Waals surface area contributed by atoms with Crippen molar-refractivity contribution in [2.75, 3.05) is 12.3 Å². The van der Waals surface area contributed by atoms with Gasteiger partial charge in [0.15, 0.2) is 0 Å². The van der Waals surface area contributed by atoms with Crippen LogP contribution in [-0.2, 0) is 6.54 Å². The molecule has 4 heteroatoms. The van der Waals surface area contributed by atoms with Crippen LogP contribution in [0.25, 0.3) is 5.65 Å². The van der Waals surface area contributed by atoms with Crippen LogP contribution in [0.3, 0.4) is 0 Å². The van der Waals surface area contributed by atoms with Crippen molar-refractivity contribution >= 4 is 17.4 Å². The number of aromatic nitrogens is 2. The van der Waals surface area contributed by atoms with E-state index in [2.05, 4.69) is 53.8 Å². The molecule has 0 saturated carbocycles. The third-order valence-electron chi connectivity index (χ3n) is 2.72. The number of nitrogens with zero attached hydrogens (tertiary/aromatic N) is 2. The average molecular weight is 263 g/mol. The van der Waals surface area contributed by atoms with Gasteiger partial charge in [0.05, 0.1) is 5.69 Å². The minimum absolute atomic E-state index is 0.673. The molecule has 0 atom stereocenters. The molecule has 0 bridgehead atoms. The van der Waals surface area contributed by atoms with Crippen LogP contribution in [0, 0.1) is 5.92 Å². The standard InChI is InChI=1S/C14H21N3S/c1-4-18-14-12(10-15-9-11(2)3)17-8-6-5-7-13(17)16-14/h5-8,11,15H,4,9-10H2,1-3H3. The van der Waals surface area contributed by atoms with E-state index in [1.54, 1.807) is 0 Å². The Balaban J connectivity index is 2.24. The summed E-state index contributed by atoms with van der Waals surface area (Å²) in [6.07, 6.45) is 2.09. The minimum atomic E-state index is 0.673. The highest BCUT2D eigenvalue weighted by atomic mass is 32.2. The summed E-state index contributed by atoms with van der Waals surface area (Å²) < 4.78 is 2.19. The van der Waals surface area contributed by atoms with E-state index in [1.165, 1.54) is 5.69 Å². The molecule has 0 aliphatic heterocycles. The van der Waals surface area contributed by atoms with Gasteiger partial charge in [0.25, 0.3) is 0 Å². The average Bonchev–Trinajstić information content (AvgIpc) is 2.68. The van der Waals surface area contributed by atoms with Crippen molar-refractivity contribution in [2.45, 2.75) is 32.3 Å². The highest BCUT2D eigenvalue weighted by Crippen LogP contribution is 2.23. The lowest BCUT2D eigenvalue weighted by Crippen LogP contribution is -2.20. The maximum absolute atomic E-state index is 4.69. The Hall–Kier alpha value is -1.00. The van der Waals surface area contributed by atoms with E-state index in [0.717, 1.165) is 29.5 Å². The Morgan fingerprint density at radius 2 is 2.22 bits per heavy atom. The number of nitrogens with one attached hydrogen (secondary N) is 1. The summed E-state index contributed by atoms with van der Waals surface area (Å²) in [6, 6.07) is 6.15. The molecule has 2 aromatic rings. The van der Waals surface area contributed by atoms with Gasteiger partial charge in [-0.15, -0.1) is 11.8 Å². The highest BCUT2D eigenvalue weighted by molar-refractivity contribution is 7.99. The van der Waals surface area contributed by atoms with Crippen LogP contribution in [0.5, 0.6) is 0 Å². The monoisotopic (exact) mass is 263 g/mol. The summed E-state index contributed by atoms with van der Waals surface area (Å²) in [5, 5.41) is 4.66. The van der Waals surface area contributed by atoms with Gasteiger partial charge in [0, 0.05) is 12.7 Å². The van der Waals surface area contributed by atoms with Crippen molar-refractivity contribution in [2.24, 2.45) is 5.92 Å². The summed E-state index contributed by atoms with van der Waals surface area (Å²) in [7, 11) is 0. The van der Waals surface area contributed by atoms with Crippen molar-refractivity contribution in [1.29, 1.82) is 0 Å². The smallest absolute Gasteiger partial charge is 0.138 e. The molecular formula is C14H21N3S. The maximum Gasteiger partial charge on any atom is 0.138 e. The van der Waals surface area contributed by atoms with E-state index >= 15 is 0 Å². The first-order chi connectivity index (χ1) is 8.72. The van der Waals surface area contributed by atoms with Crippen LogP contribution in [0.1, 0.15) is 26.5 Å². The molecule has 3 nitrogen and oxygen atoms in total. The van der Waals surface area contributed by atoms with Crippen molar-refractivity contribution in [3.05, 3.63) is 30.1 Å². The van der Waals surface area contributed by atoms with Crippen LogP contribution < -0.4 is 5.32 Å². The molecule has 2 rings (SSSR count). The summed E-state index contributed by atoms with van der Waals surface area (Å²) in [6.45, 7) is 8.54. The van der Waals surface area contributed by atoms with Crippen LogP contribution in [-0.4, -0.2) is 21.7 Å². The molecule has 0 fully saturated rings. The molecule has 98 valence electrons. The first-order valence-corrected chi connectivity index (χ1v) is 7.50. The predicted octanol–water partition coefficient (Wildman–Crippen LogP) is 3.19. The molecular weight excluding hydrogens is 242 g/mol. The number of thioether (sulfide) groups is 1. The van der Waals surface area contributed by atoms with Gasteiger partial charge in [-0.25, -0.2) is 4.98 Å². The highest BCUT2D eigenvalue weighted by Gasteiger charge is 2.11. The fourth-order valence-corrected chi connectivity index (χ4v) is 2.69. The summed E-state index contributed by atoms with van der Waals surface area (Å²) in [5.74, 6) is 1.73. The van der Waals surface area contributed by atoms with Crippen molar-refractivity contribution in [1.82, 2.24) is 14.7 Å². The number of rotatable bonds is 6. The molecule has 0 aliphatic rings. The molecule has 0 amide bonds. The van der Waals surface area contributed by atoms with Crippen LogP contribution in [0.15, 0.2) is 29.4 Å². The van der Waals surface area contributed by atoms with Gasteiger partial charge >= 0.3 is 0 Å². The lowest BCUT2D eigenvalue weighted by Gasteiger charge is -2.08. The first kappa shape index (κ1) is 13.4. The number of fused-ring (bicyclic) bond motifs is 1. The predicted molar refractivity (Wildman–Crippen MR) is 78.1 cm³/mol. The van der Waals surface area contributed by atoms with Gasteiger partial charge in [-0.3, -0.25) is 0 Å². The van der Waals surface area contributed by atoms with Crippen molar-refractivity contribution in [3.63, 3.8) is 0 Å². The van der Waals surface area contributed by atoms with Gasteiger partial charge in [0.2, 0.25) is 0 Å². The van der Waals surface area contributed by atoms with E-state index in [-0.39, 0.29) is 0 Å². The van der Waals surface area contributed by atoms with E-state index in [4.69, 9.17) is 0 Å². The van der Waals surface area contributed by atoms with Gasteiger partial charge in [0.1, 0.15) is 10.7 Å². The van der Waals surface area contributed by atoms with Crippen LogP contribution in [0.4, 0.5) is 0 Å². The molecule has 0 aromatic carbocycles. The molecule has 0 saturated heterocycles. The summed E-state index contributed by atoms with van der Waals surface area (Å²) in [5.41, 5.74) is 2.31. The zero-order valence-corrected chi connectivity index (χ0v) is 12.1. The molecule has 2 heterocycles. The number of imidazole rings is 1. The van der Waals surface area contributed by atoms with Gasteiger partial charge in [-0.1, -0.05) is 26.8 Å². The fourth-order valence-electron chi connectivity index (χ4n) is 1.92. The Morgan fingerprint density at radius 3 is 2.94 bits per heavy atom. The second-order valence-electron chi connectivity index (χ2n) is 4.75. The molecule has 0 unspecified atom stereocenters. The third-order valence-corrected chi connectivity index (χ3v) is 3.61.